The Bertz CT molecular complexity index is 556. The zero-order chi connectivity index (χ0) is 13.2. The van der Waals surface area contributed by atoms with E-state index in [1.807, 2.05) is 13.0 Å². The van der Waals surface area contributed by atoms with Gasteiger partial charge < -0.3 is 9.84 Å². The van der Waals surface area contributed by atoms with Crippen LogP contribution in [-0.4, -0.2) is 16.7 Å². The van der Waals surface area contributed by atoms with E-state index in [4.69, 9.17) is 4.52 Å². The summed E-state index contributed by atoms with van der Waals surface area (Å²) in [5.41, 5.74) is 2.13. The van der Waals surface area contributed by atoms with Gasteiger partial charge in [-0.3, -0.25) is 0 Å². The molecular weight excluding hydrogens is 306 g/mol. The molecule has 1 atom stereocenters. The molecule has 2 aromatic rings. The third-order valence-electron chi connectivity index (χ3n) is 3.35. The van der Waals surface area contributed by atoms with E-state index in [9.17, 15) is 0 Å². The van der Waals surface area contributed by atoms with Crippen molar-refractivity contribution < 1.29 is 4.52 Å². The number of nitrogens with one attached hydrogen (secondary N) is 1. The molecule has 1 aliphatic rings. The van der Waals surface area contributed by atoms with Gasteiger partial charge in [0.2, 0.25) is 0 Å². The van der Waals surface area contributed by atoms with Crippen LogP contribution in [0.25, 0.3) is 11.5 Å². The van der Waals surface area contributed by atoms with E-state index in [0.29, 0.717) is 5.89 Å². The maximum Gasteiger partial charge on any atom is 0.258 e. The smallest absolute Gasteiger partial charge is 0.258 e. The van der Waals surface area contributed by atoms with Crippen LogP contribution < -0.4 is 5.32 Å². The first-order chi connectivity index (χ1) is 9.22. The van der Waals surface area contributed by atoms with Gasteiger partial charge >= 0.3 is 0 Å². The number of aryl methyl sites for hydroxylation is 1. The monoisotopic (exact) mass is 321 g/mol. The fraction of sp³-hybridized carbons (Fsp3) is 0.429. The minimum Gasteiger partial charge on any atom is -0.334 e. The van der Waals surface area contributed by atoms with E-state index in [1.54, 1.807) is 0 Å². The summed E-state index contributed by atoms with van der Waals surface area (Å²) in [5, 5.41) is 7.54. The molecule has 0 aliphatic carbocycles. The van der Waals surface area contributed by atoms with E-state index >= 15 is 0 Å². The maximum absolute atomic E-state index is 5.39. The van der Waals surface area contributed by atoms with Crippen molar-refractivity contribution in [3.63, 3.8) is 0 Å². The number of piperidine rings is 1. The van der Waals surface area contributed by atoms with Gasteiger partial charge in [0.05, 0.1) is 6.04 Å². The fourth-order valence-corrected chi connectivity index (χ4v) is 3.03. The standard InChI is InChI=1S/C14H16BrN3O/c1-9-6-10(8-11(15)7-9)14-17-13(18-19-14)12-4-2-3-5-16-12/h6-8,12,16H,2-5H2,1H3. The van der Waals surface area contributed by atoms with Crippen LogP contribution in [0.1, 0.15) is 36.7 Å². The van der Waals surface area contributed by atoms with Crippen molar-refractivity contribution in [2.45, 2.75) is 32.2 Å². The van der Waals surface area contributed by atoms with E-state index in [2.05, 4.69) is 43.5 Å². The molecule has 0 bridgehead atoms. The number of hydrogen-bond donors (Lipinski definition) is 1. The second-order valence-electron chi connectivity index (χ2n) is 4.98. The summed E-state index contributed by atoms with van der Waals surface area (Å²) in [4.78, 5) is 4.53. The highest BCUT2D eigenvalue weighted by atomic mass is 79.9. The number of aromatic nitrogens is 2. The summed E-state index contributed by atoms with van der Waals surface area (Å²) < 4.78 is 6.42. The molecule has 1 aliphatic heterocycles. The van der Waals surface area contributed by atoms with Crippen molar-refractivity contribution >= 4 is 15.9 Å². The normalized spacial score (nSPS) is 19.6. The Morgan fingerprint density at radius 1 is 1.32 bits per heavy atom. The number of benzene rings is 1. The Labute approximate surface area is 120 Å². The molecule has 0 radical (unpaired) electrons. The number of hydrogen-bond acceptors (Lipinski definition) is 4. The number of halogens is 1. The molecule has 5 heteroatoms. The topological polar surface area (TPSA) is 51.0 Å². The van der Waals surface area contributed by atoms with Crippen LogP contribution in [-0.2, 0) is 0 Å². The highest BCUT2D eigenvalue weighted by molar-refractivity contribution is 9.10. The third kappa shape index (κ3) is 2.87. The van der Waals surface area contributed by atoms with Gasteiger partial charge in [-0.1, -0.05) is 27.5 Å². The second kappa shape index (κ2) is 5.43. The lowest BCUT2D eigenvalue weighted by Crippen LogP contribution is -2.27. The van der Waals surface area contributed by atoms with Crippen LogP contribution in [0.5, 0.6) is 0 Å². The summed E-state index contributed by atoms with van der Waals surface area (Å²) >= 11 is 3.49. The summed E-state index contributed by atoms with van der Waals surface area (Å²) in [7, 11) is 0. The molecule has 1 unspecified atom stereocenters. The summed E-state index contributed by atoms with van der Waals surface area (Å²) in [6.07, 6.45) is 3.53. The molecule has 0 spiro atoms. The average molecular weight is 322 g/mol. The second-order valence-corrected chi connectivity index (χ2v) is 5.89. The predicted octanol–water partition coefficient (Wildman–Crippen LogP) is 3.62. The zero-order valence-corrected chi connectivity index (χ0v) is 12.4. The van der Waals surface area contributed by atoms with Crippen LogP contribution >= 0.6 is 15.9 Å². The maximum atomic E-state index is 5.39. The quantitative estimate of drug-likeness (QED) is 0.917. The van der Waals surface area contributed by atoms with Crippen LogP contribution in [0.2, 0.25) is 0 Å². The van der Waals surface area contributed by atoms with E-state index in [1.165, 1.54) is 18.4 Å². The van der Waals surface area contributed by atoms with Crippen molar-refractivity contribution in [2.24, 2.45) is 0 Å². The Morgan fingerprint density at radius 2 is 2.21 bits per heavy atom. The van der Waals surface area contributed by atoms with E-state index in [-0.39, 0.29) is 6.04 Å². The highest BCUT2D eigenvalue weighted by Gasteiger charge is 2.20. The van der Waals surface area contributed by atoms with Gasteiger partial charge in [0, 0.05) is 10.0 Å². The SMILES string of the molecule is Cc1cc(Br)cc(-c2nc(C3CCCCN3)no2)c1. The van der Waals surface area contributed by atoms with Gasteiger partial charge in [-0.25, -0.2) is 0 Å². The van der Waals surface area contributed by atoms with Crippen molar-refractivity contribution in [1.29, 1.82) is 0 Å². The van der Waals surface area contributed by atoms with Gasteiger partial charge in [-0.2, -0.15) is 4.98 Å². The van der Waals surface area contributed by atoms with Gasteiger partial charge in [0.15, 0.2) is 5.82 Å². The predicted molar refractivity (Wildman–Crippen MR) is 76.8 cm³/mol. The van der Waals surface area contributed by atoms with Crippen LogP contribution in [0.3, 0.4) is 0 Å². The lowest BCUT2D eigenvalue weighted by atomic mass is 10.0. The molecule has 0 saturated carbocycles. The molecule has 0 amide bonds. The summed E-state index contributed by atoms with van der Waals surface area (Å²) in [6.45, 7) is 3.08. The molecule has 2 heterocycles. The largest absolute Gasteiger partial charge is 0.334 e. The molecule has 4 nitrogen and oxygen atoms in total. The highest BCUT2D eigenvalue weighted by Crippen LogP contribution is 2.26. The van der Waals surface area contributed by atoms with Crippen molar-refractivity contribution in [2.75, 3.05) is 6.54 Å². The van der Waals surface area contributed by atoms with Crippen molar-refractivity contribution in [1.82, 2.24) is 15.5 Å². The first-order valence-electron chi connectivity index (χ1n) is 6.57. The van der Waals surface area contributed by atoms with Gasteiger partial charge in [0.25, 0.3) is 5.89 Å². The van der Waals surface area contributed by atoms with Gasteiger partial charge in [0.1, 0.15) is 0 Å². The summed E-state index contributed by atoms with van der Waals surface area (Å²) in [5.74, 6) is 1.36. The molecule has 1 saturated heterocycles. The molecule has 3 rings (SSSR count). The first kappa shape index (κ1) is 12.8. The van der Waals surface area contributed by atoms with Gasteiger partial charge in [-0.15, -0.1) is 0 Å². The third-order valence-corrected chi connectivity index (χ3v) is 3.81. The molecule has 1 aromatic heterocycles. The van der Waals surface area contributed by atoms with Crippen molar-refractivity contribution in [3.05, 3.63) is 34.1 Å². The Balaban J connectivity index is 1.87. The van der Waals surface area contributed by atoms with Crippen LogP contribution in [0.15, 0.2) is 27.2 Å². The van der Waals surface area contributed by atoms with Crippen molar-refractivity contribution in [3.8, 4) is 11.5 Å². The molecule has 1 N–H and O–H groups in total. The fourth-order valence-electron chi connectivity index (χ4n) is 2.43. The van der Waals surface area contributed by atoms with Crippen LogP contribution in [0.4, 0.5) is 0 Å². The van der Waals surface area contributed by atoms with Gasteiger partial charge in [-0.05, 0) is 50.1 Å². The number of rotatable bonds is 2. The van der Waals surface area contributed by atoms with E-state index < -0.39 is 0 Å². The Hall–Kier alpha value is -1.20. The first-order valence-corrected chi connectivity index (χ1v) is 7.36. The minimum atomic E-state index is 0.236. The molecule has 1 aromatic carbocycles. The zero-order valence-electron chi connectivity index (χ0n) is 10.8. The molecule has 100 valence electrons. The molecule has 1 fully saturated rings. The summed E-state index contributed by atoms with van der Waals surface area (Å²) in [6, 6.07) is 6.35. The minimum absolute atomic E-state index is 0.236. The van der Waals surface area contributed by atoms with E-state index in [0.717, 1.165) is 28.8 Å². The lowest BCUT2D eigenvalue weighted by Gasteiger charge is -2.19. The number of nitrogens with zero attached hydrogens (tertiary/aromatic N) is 2. The van der Waals surface area contributed by atoms with Crippen LogP contribution in [0, 0.1) is 6.92 Å². The lowest BCUT2D eigenvalue weighted by molar-refractivity contribution is 0.367. The molecular formula is C14H16BrN3O. The Kier molecular flexibility index (Phi) is 3.66. The average Bonchev–Trinajstić information content (AvgIpc) is 2.88. The Morgan fingerprint density at radius 3 is 2.95 bits per heavy atom. The molecule has 19 heavy (non-hydrogen) atoms.